The number of piperidine rings is 1. The fourth-order valence-electron chi connectivity index (χ4n) is 2.26. The summed E-state index contributed by atoms with van der Waals surface area (Å²) < 4.78 is 18.9. The summed E-state index contributed by atoms with van der Waals surface area (Å²) in [5.41, 5.74) is 0. The fraction of sp³-hybridized carbons (Fsp3) is 0.500. The summed E-state index contributed by atoms with van der Waals surface area (Å²) in [6.07, 6.45) is 4.56. The van der Waals surface area contributed by atoms with Crippen molar-refractivity contribution in [3.8, 4) is 0 Å². The molecule has 154 valence electrons. The summed E-state index contributed by atoms with van der Waals surface area (Å²) in [4.78, 5) is 59.0. The van der Waals surface area contributed by atoms with Crippen molar-refractivity contribution in [1.82, 2.24) is 4.90 Å². The average Bonchev–Trinajstić information content (AvgIpc) is 2.69. The first-order chi connectivity index (χ1) is 13.3. The van der Waals surface area contributed by atoms with Crippen LogP contribution in [-0.4, -0.2) is 74.7 Å². The Kier molecular flexibility index (Phi) is 10.0. The van der Waals surface area contributed by atoms with E-state index in [1.54, 1.807) is 0 Å². The molecule has 0 saturated carbocycles. The van der Waals surface area contributed by atoms with Crippen molar-refractivity contribution in [2.45, 2.75) is 25.4 Å². The predicted molar refractivity (Wildman–Crippen MR) is 93.6 cm³/mol. The van der Waals surface area contributed by atoms with Gasteiger partial charge in [-0.1, -0.05) is 0 Å². The van der Waals surface area contributed by atoms with Crippen LogP contribution in [0.25, 0.3) is 0 Å². The normalized spacial score (nSPS) is 15.4. The Morgan fingerprint density at radius 2 is 1.50 bits per heavy atom. The molecule has 0 aliphatic carbocycles. The number of nitrogens with zero attached hydrogens (tertiary/aromatic N) is 1. The third-order valence-electron chi connectivity index (χ3n) is 3.65. The number of ether oxygens (including phenoxy) is 4. The molecule has 1 rings (SSSR count). The number of methoxy groups -OCH3 is 2. The third-order valence-corrected chi connectivity index (χ3v) is 3.65. The fourth-order valence-corrected chi connectivity index (χ4v) is 2.26. The molecule has 10 heteroatoms. The Morgan fingerprint density at radius 3 is 2.07 bits per heavy atom. The maximum Gasteiger partial charge on any atom is 0.331 e. The number of esters is 4. The maximum absolute atomic E-state index is 12.0. The van der Waals surface area contributed by atoms with Crippen molar-refractivity contribution in [1.29, 1.82) is 0 Å². The largest absolute Gasteiger partial charge is 0.466 e. The van der Waals surface area contributed by atoms with Gasteiger partial charge in [0.15, 0.2) is 6.10 Å². The van der Waals surface area contributed by atoms with Gasteiger partial charge in [-0.2, -0.15) is 0 Å². The first-order valence-electron chi connectivity index (χ1n) is 8.53. The molecule has 28 heavy (non-hydrogen) atoms. The van der Waals surface area contributed by atoms with E-state index in [0.29, 0.717) is 13.0 Å². The van der Waals surface area contributed by atoms with Gasteiger partial charge >= 0.3 is 23.9 Å². The van der Waals surface area contributed by atoms with Crippen LogP contribution < -0.4 is 0 Å². The van der Waals surface area contributed by atoms with Crippen LogP contribution in [-0.2, 0) is 42.9 Å². The summed E-state index contributed by atoms with van der Waals surface area (Å²) in [5, 5.41) is 0. The SMILES string of the molecule is COC(=O)/C=C/C(=O)OCC(CN1CCCCC1=O)OC(=O)/C=C/C(=O)OC. The highest BCUT2D eigenvalue weighted by Gasteiger charge is 2.24. The molecular formula is C18H23NO9. The van der Waals surface area contributed by atoms with Gasteiger partial charge < -0.3 is 23.8 Å². The van der Waals surface area contributed by atoms with Gasteiger partial charge in [-0.3, -0.25) is 4.79 Å². The smallest absolute Gasteiger partial charge is 0.331 e. The molecule has 1 unspecified atom stereocenters. The number of carbonyl (C=O) groups is 5. The van der Waals surface area contributed by atoms with Crippen molar-refractivity contribution in [3.05, 3.63) is 24.3 Å². The lowest BCUT2D eigenvalue weighted by atomic mass is 10.1. The van der Waals surface area contributed by atoms with E-state index < -0.39 is 30.0 Å². The summed E-state index contributed by atoms with van der Waals surface area (Å²) in [6.45, 7) is 0.192. The summed E-state index contributed by atoms with van der Waals surface area (Å²) in [7, 11) is 2.31. The molecule has 1 aliphatic heterocycles. The van der Waals surface area contributed by atoms with Crippen LogP contribution in [0.4, 0.5) is 0 Å². The van der Waals surface area contributed by atoms with Crippen LogP contribution in [0.3, 0.4) is 0 Å². The van der Waals surface area contributed by atoms with Gasteiger partial charge in [-0.15, -0.1) is 0 Å². The molecular weight excluding hydrogens is 374 g/mol. The van der Waals surface area contributed by atoms with E-state index in [-0.39, 0.29) is 19.1 Å². The molecule has 0 aromatic rings. The summed E-state index contributed by atoms with van der Waals surface area (Å²) >= 11 is 0. The van der Waals surface area contributed by atoms with Crippen LogP contribution in [0.5, 0.6) is 0 Å². The minimum absolute atomic E-state index is 0.0324. The van der Waals surface area contributed by atoms with Gasteiger partial charge in [0.1, 0.15) is 6.61 Å². The summed E-state index contributed by atoms with van der Waals surface area (Å²) in [5.74, 6) is -3.26. The number of carbonyl (C=O) groups excluding carboxylic acids is 5. The molecule has 0 aromatic heterocycles. The van der Waals surface area contributed by atoms with E-state index in [9.17, 15) is 24.0 Å². The van der Waals surface area contributed by atoms with Gasteiger partial charge in [0.05, 0.1) is 20.8 Å². The highest BCUT2D eigenvalue weighted by molar-refractivity contribution is 5.92. The molecule has 1 amide bonds. The minimum atomic E-state index is -0.952. The van der Waals surface area contributed by atoms with Crippen LogP contribution in [0.1, 0.15) is 19.3 Å². The Morgan fingerprint density at radius 1 is 0.929 bits per heavy atom. The lowest BCUT2D eigenvalue weighted by molar-refractivity contribution is -0.156. The predicted octanol–water partition coefficient (Wildman–Crippen LogP) is -0.0877. The number of likely N-dealkylation sites (tertiary alicyclic amines) is 1. The van der Waals surface area contributed by atoms with Crippen LogP contribution in [0, 0.1) is 0 Å². The second-order valence-corrected chi connectivity index (χ2v) is 5.70. The van der Waals surface area contributed by atoms with Crippen molar-refractivity contribution in [2.24, 2.45) is 0 Å². The number of amides is 1. The molecule has 1 atom stereocenters. The molecule has 0 N–H and O–H groups in total. The Labute approximate surface area is 162 Å². The van der Waals surface area contributed by atoms with E-state index >= 15 is 0 Å². The van der Waals surface area contributed by atoms with Gasteiger partial charge in [0.25, 0.3) is 0 Å². The monoisotopic (exact) mass is 397 g/mol. The Balaban J connectivity index is 2.69. The van der Waals surface area contributed by atoms with Crippen LogP contribution >= 0.6 is 0 Å². The standard InChI is InChI=1S/C18H23NO9/c1-25-15(21)6-8-17(23)27-12-13(11-19-10-4-3-5-14(19)20)28-18(24)9-7-16(22)26-2/h6-9,13H,3-5,10-12H2,1-2H3/b8-6+,9-7+. The summed E-state index contributed by atoms with van der Waals surface area (Å²) in [6, 6.07) is 0. The van der Waals surface area contributed by atoms with Gasteiger partial charge in [0.2, 0.25) is 5.91 Å². The quantitative estimate of drug-likeness (QED) is 0.298. The van der Waals surface area contributed by atoms with Gasteiger partial charge in [-0.25, -0.2) is 19.2 Å². The molecule has 0 spiro atoms. The zero-order valence-corrected chi connectivity index (χ0v) is 15.8. The first kappa shape index (κ1) is 22.9. The Hall–Kier alpha value is -3.17. The van der Waals surface area contributed by atoms with E-state index in [1.807, 2.05) is 0 Å². The Bertz CT molecular complexity index is 653. The molecule has 0 radical (unpaired) electrons. The highest BCUT2D eigenvalue weighted by Crippen LogP contribution is 2.12. The van der Waals surface area contributed by atoms with E-state index in [0.717, 1.165) is 51.4 Å². The van der Waals surface area contributed by atoms with Gasteiger partial charge in [-0.05, 0) is 12.8 Å². The second-order valence-electron chi connectivity index (χ2n) is 5.70. The molecule has 10 nitrogen and oxygen atoms in total. The van der Waals surface area contributed by atoms with Crippen LogP contribution in [0.2, 0.25) is 0 Å². The molecule has 0 bridgehead atoms. The first-order valence-corrected chi connectivity index (χ1v) is 8.53. The topological polar surface area (TPSA) is 126 Å². The molecule has 1 saturated heterocycles. The van der Waals surface area contributed by atoms with Crippen molar-refractivity contribution >= 4 is 29.8 Å². The zero-order chi connectivity index (χ0) is 20.9. The highest BCUT2D eigenvalue weighted by atomic mass is 16.6. The van der Waals surface area contributed by atoms with Crippen molar-refractivity contribution in [3.63, 3.8) is 0 Å². The van der Waals surface area contributed by atoms with Crippen LogP contribution in [0.15, 0.2) is 24.3 Å². The van der Waals surface area contributed by atoms with Crippen molar-refractivity contribution in [2.75, 3.05) is 33.9 Å². The zero-order valence-electron chi connectivity index (χ0n) is 15.8. The molecule has 0 aromatic carbocycles. The molecule has 1 fully saturated rings. The van der Waals surface area contributed by atoms with Gasteiger partial charge in [0, 0.05) is 37.3 Å². The van der Waals surface area contributed by atoms with E-state index in [2.05, 4.69) is 9.47 Å². The number of rotatable bonds is 9. The molecule has 1 aliphatic rings. The minimum Gasteiger partial charge on any atom is -0.466 e. The third kappa shape index (κ3) is 8.97. The average molecular weight is 397 g/mol. The number of hydrogen-bond donors (Lipinski definition) is 0. The second kappa shape index (κ2) is 12.3. The number of hydrogen-bond acceptors (Lipinski definition) is 9. The van der Waals surface area contributed by atoms with Crippen molar-refractivity contribution < 1.29 is 42.9 Å². The maximum atomic E-state index is 12.0. The lowest BCUT2D eigenvalue weighted by Crippen LogP contribution is -2.43. The lowest BCUT2D eigenvalue weighted by Gasteiger charge is -2.30. The van der Waals surface area contributed by atoms with E-state index in [1.165, 1.54) is 4.90 Å². The van der Waals surface area contributed by atoms with E-state index in [4.69, 9.17) is 9.47 Å². The molecule has 1 heterocycles.